The van der Waals surface area contributed by atoms with Crippen LogP contribution < -0.4 is 10.2 Å². The van der Waals surface area contributed by atoms with Crippen molar-refractivity contribution in [3.63, 3.8) is 0 Å². The normalized spacial score (nSPS) is 10.0. The van der Waals surface area contributed by atoms with E-state index in [9.17, 15) is 4.79 Å². The minimum atomic E-state index is -0.325. The largest absolute Gasteiger partial charge is 0.342 e. The van der Waals surface area contributed by atoms with Gasteiger partial charge in [0.1, 0.15) is 17.3 Å². The molecule has 3 rings (SSSR count). The average Bonchev–Trinajstić information content (AvgIpc) is 2.67. The molecular formula is C19H14ClN5O. The van der Waals surface area contributed by atoms with E-state index in [0.29, 0.717) is 16.9 Å². The highest BCUT2D eigenvalue weighted by Gasteiger charge is 2.12. The van der Waals surface area contributed by atoms with Crippen molar-refractivity contribution in [2.45, 2.75) is 0 Å². The molecule has 128 valence electrons. The summed E-state index contributed by atoms with van der Waals surface area (Å²) in [5.74, 6) is 2.50. The molecule has 6 nitrogen and oxygen atoms in total. The second-order valence-corrected chi connectivity index (χ2v) is 5.76. The number of nitrogens with one attached hydrogen (secondary N) is 1. The zero-order valence-electron chi connectivity index (χ0n) is 13.8. The Bertz CT molecular complexity index is 985. The van der Waals surface area contributed by atoms with E-state index in [4.69, 9.17) is 18.0 Å². The fourth-order valence-electron chi connectivity index (χ4n) is 2.29. The van der Waals surface area contributed by atoms with Gasteiger partial charge in [-0.05, 0) is 24.3 Å². The Balaban J connectivity index is 1.86. The smallest absolute Gasteiger partial charge is 0.256 e. The van der Waals surface area contributed by atoms with Gasteiger partial charge in [-0.3, -0.25) is 4.79 Å². The van der Waals surface area contributed by atoms with Crippen LogP contribution in [0, 0.1) is 12.3 Å². The van der Waals surface area contributed by atoms with Crippen LogP contribution in [-0.4, -0.2) is 27.9 Å². The number of hydrogen-bond donors (Lipinski definition) is 1. The van der Waals surface area contributed by atoms with E-state index < -0.39 is 0 Å². The molecule has 1 N–H and O–H groups in total. The zero-order chi connectivity index (χ0) is 18.5. The molecule has 0 aliphatic heterocycles. The number of anilines is 3. The molecule has 0 saturated carbocycles. The number of rotatable bonds is 4. The molecular weight excluding hydrogens is 350 g/mol. The highest BCUT2D eigenvalue weighted by molar-refractivity contribution is 6.29. The predicted molar refractivity (Wildman–Crippen MR) is 102 cm³/mol. The van der Waals surface area contributed by atoms with E-state index in [1.807, 2.05) is 11.9 Å². The maximum atomic E-state index is 12.4. The number of carbonyl (C=O) groups is 1. The number of halogens is 1. The molecule has 3 aromatic rings. The van der Waals surface area contributed by atoms with Crippen LogP contribution in [0.5, 0.6) is 0 Å². The van der Waals surface area contributed by atoms with Crippen molar-refractivity contribution in [3.05, 3.63) is 71.4 Å². The van der Waals surface area contributed by atoms with Crippen LogP contribution in [0.2, 0.25) is 5.15 Å². The Morgan fingerprint density at radius 3 is 2.69 bits per heavy atom. The number of terminal acetylenes is 1. The Morgan fingerprint density at radius 1 is 1.19 bits per heavy atom. The van der Waals surface area contributed by atoms with Crippen molar-refractivity contribution in [1.82, 2.24) is 15.0 Å². The SMILES string of the molecule is C#Cc1cccc(C(=O)Nc2cc(N(C)c3cncnc3)cc(Cl)n2)c1. The molecule has 0 radical (unpaired) electrons. The van der Waals surface area contributed by atoms with Gasteiger partial charge in [0.05, 0.1) is 18.1 Å². The molecule has 1 amide bonds. The summed E-state index contributed by atoms with van der Waals surface area (Å²) in [4.78, 5) is 26.4. The second kappa shape index (κ2) is 7.64. The van der Waals surface area contributed by atoms with Crippen molar-refractivity contribution in [1.29, 1.82) is 0 Å². The molecule has 1 aromatic carbocycles. The van der Waals surface area contributed by atoms with E-state index in [-0.39, 0.29) is 11.1 Å². The van der Waals surface area contributed by atoms with Crippen molar-refractivity contribution in [2.24, 2.45) is 0 Å². The van der Waals surface area contributed by atoms with Crippen molar-refractivity contribution >= 4 is 34.7 Å². The van der Waals surface area contributed by atoms with Gasteiger partial charge < -0.3 is 10.2 Å². The maximum Gasteiger partial charge on any atom is 0.256 e. The predicted octanol–water partition coefficient (Wildman–Crippen LogP) is 3.53. The van der Waals surface area contributed by atoms with E-state index in [2.05, 4.69) is 26.2 Å². The van der Waals surface area contributed by atoms with Crippen LogP contribution in [0.3, 0.4) is 0 Å². The minimum Gasteiger partial charge on any atom is -0.342 e. The van der Waals surface area contributed by atoms with Gasteiger partial charge >= 0.3 is 0 Å². The molecule has 0 atom stereocenters. The van der Waals surface area contributed by atoms with Crippen LogP contribution in [0.1, 0.15) is 15.9 Å². The molecule has 0 fully saturated rings. The summed E-state index contributed by atoms with van der Waals surface area (Å²) in [5.41, 5.74) is 2.57. The first-order valence-corrected chi connectivity index (χ1v) is 7.99. The number of amides is 1. The van der Waals surface area contributed by atoms with Gasteiger partial charge in [-0.2, -0.15) is 0 Å². The van der Waals surface area contributed by atoms with E-state index in [1.165, 1.54) is 6.33 Å². The summed E-state index contributed by atoms with van der Waals surface area (Å²) < 4.78 is 0. The molecule has 2 heterocycles. The molecule has 0 spiro atoms. The Morgan fingerprint density at radius 2 is 1.96 bits per heavy atom. The quantitative estimate of drug-likeness (QED) is 0.567. The Kier molecular flexibility index (Phi) is 5.11. The Labute approximate surface area is 155 Å². The molecule has 0 bridgehead atoms. The first-order chi connectivity index (χ1) is 12.6. The summed E-state index contributed by atoms with van der Waals surface area (Å²) >= 11 is 6.11. The fourth-order valence-corrected chi connectivity index (χ4v) is 2.50. The van der Waals surface area contributed by atoms with Crippen LogP contribution in [0.15, 0.2) is 55.1 Å². The van der Waals surface area contributed by atoms with E-state index >= 15 is 0 Å². The van der Waals surface area contributed by atoms with Crippen LogP contribution in [0.4, 0.5) is 17.2 Å². The Hall–Kier alpha value is -3.43. The number of carbonyl (C=O) groups excluding carboxylic acids is 1. The first-order valence-electron chi connectivity index (χ1n) is 7.61. The number of hydrogen-bond acceptors (Lipinski definition) is 5. The number of benzene rings is 1. The lowest BCUT2D eigenvalue weighted by Crippen LogP contribution is -2.15. The van der Waals surface area contributed by atoms with E-state index in [0.717, 1.165) is 11.4 Å². The van der Waals surface area contributed by atoms with Crippen molar-refractivity contribution < 1.29 is 4.79 Å². The third-order valence-electron chi connectivity index (χ3n) is 3.63. The number of aromatic nitrogens is 3. The van der Waals surface area contributed by atoms with Gasteiger partial charge in [-0.25, -0.2) is 15.0 Å². The molecule has 0 unspecified atom stereocenters. The van der Waals surface area contributed by atoms with E-state index in [1.54, 1.807) is 48.8 Å². The fraction of sp³-hybridized carbons (Fsp3) is 0.0526. The molecule has 0 aliphatic rings. The van der Waals surface area contributed by atoms with Crippen LogP contribution >= 0.6 is 11.6 Å². The van der Waals surface area contributed by atoms with Gasteiger partial charge in [0.15, 0.2) is 0 Å². The lowest BCUT2D eigenvalue weighted by molar-refractivity contribution is 0.102. The van der Waals surface area contributed by atoms with Crippen molar-refractivity contribution in [3.8, 4) is 12.3 Å². The van der Waals surface area contributed by atoms with Crippen LogP contribution in [-0.2, 0) is 0 Å². The van der Waals surface area contributed by atoms with Gasteiger partial charge in [-0.15, -0.1) is 6.42 Å². The average molecular weight is 364 g/mol. The monoisotopic (exact) mass is 363 g/mol. The molecule has 7 heteroatoms. The summed E-state index contributed by atoms with van der Waals surface area (Å²) in [6.07, 6.45) is 10.2. The highest BCUT2D eigenvalue weighted by Crippen LogP contribution is 2.27. The molecule has 0 aliphatic carbocycles. The van der Waals surface area contributed by atoms with Crippen LogP contribution in [0.25, 0.3) is 0 Å². The van der Waals surface area contributed by atoms with Crippen molar-refractivity contribution in [2.75, 3.05) is 17.3 Å². The standard InChI is InChI=1S/C19H14ClN5O/c1-3-13-5-4-6-14(7-13)19(26)24-18-9-15(8-17(20)23-18)25(2)16-10-21-12-22-11-16/h1,4-12H,2H3,(H,23,24,26). The molecule has 0 saturated heterocycles. The number of nitrogens with zero attached hydrogens (tertiary/aromatic N) is 4. The summed E-state index contributed by atoms with van der Waals surface area (Å²) in [7, 11) is 1.84. The maximum absolute atomic E-state index is 12.4. The highest BCUT2D eigenvalue weighted by atomic mass is 35.5. The van der Waals surface area contributed by atoms with Gasteiger partial charge in [0.2, 0.25) is 0 Å². The summed E-state index contributed by atoms with van der Waals surface area (Å²) in [6, 6.07) is 10.2. The van der Waals surface area contributed by atoms with Gasteiger partial charge in [0.25, 0.3) is 5.91 Å². The molecule has 26 heavy (non-hydrogen) atoms. The number of pyridine rings is 1. The van der Waals surface area contributed by atoms with Gasteiger partial charge in [-0.1, -0.05) is 23.6 Å². The minimum absolute atomic E-state index is 0.249. The summed E-state index contributed by atoms with van der Waals surface area (Å²) in [6.45, 7) is 0. The summed E-state index contributed by atoms with van der Waals surface area (Å²) in [5, 5.41) is 2.99. The lowest BCUT2D eigenvalue weighted by atomic mass is 10.1. The molecule has 2 aromatic heterocycles. The second-order valence-electron chi connectivity index (χ2n) is 5.37. The first kappa shape index (κ1) is 17.4. The topological polar surface area (TPSA) is 71.0 Å². The zero-order valence-corrected chi connectivity index (χ0v) is 14.6. The third-order valence-corrected chi connectivity index (χ3v) is 3.83. The van der Waals surface area contributed by atoms with Gasteiger partial charge in [0, 0.05) is 29.9 Å². The lowest BCUT2D eigenvalue weighted by Gasteiger charge is -2.19. The third kappa shape index (κ3) is 3.97.